The average Bonchev–Trinajstić information content (AvgIpc) is 2.65. The number of halogens is 3. The van der Waals surface area contributed by atoms with Crippen LogP contribution in [0.1, 0.15) is 44.1 Å². The van der Waals surface area contributed by atoms with Crippen molar-refractivity contribution in [3.63, 3.8) is 0 Å². The van der Waals surface area contributed by atoms with Crippen LogP contribution in [-0.2, 0) is 11.0 Å². The van der Waals surface area contributed by atoms with Crippen LogP contribution in [-0.4, -0.2) is 5.97 Å². The first-order valence-electron chi connectivity index (χ1n) is 9.00. The zero-order valence-corrected chi connectivity index (χ0v) is 14.9. The van der Waals surface area contributed by atoms with Crippen LogP contribution in [0.15, 0.2) is 48.6 Å². The van der Waals surface area contributed by atoms with Crippen molar-refractivity contribution in [2.24, 2.45) is 11.8 Å². The van der Waals surface area contributed by atoms with E-state index in [2.05, 4.69) is 0 Å². The number of benzene rings is 1. The van der Waals surface area contributed by atoms with Crippen molar-refractivity contribution in [1.29, 1.82) is 5.26 Å². The maximum atomic E-state index is 12.5. The Labute approximate surface area is 157 Å². The Morgan fingerprint density at radius 3 is 2.41 bits per heavy atom. The summed E-state index contributed by atoms with van der Waals surface area (Å²) in [5.74, 6) is 0.141. The molecule has 1 aliphatic carbocycles. The van der Waals surface area contributed by atoms with Gasteiger partial charge in [0.2, 0.25) is 0 Å². The highest BCUT2D eigenvalue weighted by Crippen LogP contribution is 2.33. The van der Waals surface area contributed by atoms with Crippen molar-refractivity contribution in [2.45, 2.75) is 44.7 Å². The zero-order valence-electron chi connectivity index (χ0n) is 14.9. The Morgan fingerprint density at radius 1 is 1.15 bits per heavy atom. The van der Waals surface area contributed by atoms with Gasteiger partial charge in [0.05, 0.1) is 17.6 Å². The maximum absolute atomic E-state index is 12.5. The third-order valence-electron chi connectivity index (χ3n) is 4.74. The van der Waals surface area contributed by atoms with E-state index in [0.29, 0.717) is 5.92 Å². The number of hydrogen-bond donors (Lipinski definition) is 0. The summed E-state index contributed by atoms with van der Waals surface area (Å²) in [6, 6.07) is 6.12. The van der Waals surface area contributed by atoms with Crippen molar-refractivity contribution in [3.05, 3.63) is 54.1 Å². The Kier molecular flexibility index (Phi) is 7.66. The highest BCUT2D eigenvalue weighted by atomic mass is 19.4. The molecule has 0 atom stereocenters. The van der Waals surface area contributed by atoms with Gasteiger partial charge in [-0.15, -0.1) is 0 Å². The van der Waals surface area contributed by atoms with Gasteiger partial charge in [0.25, 0.3) is 0 Å². The molecule has 144 valence electrons. The van der Waals surface area contributed by atoms with Gasteiger partial charge >= 0.3 is 12.1 Å². The highest BCUT2D eigenvalue weighted by Gasteiger charge is 2.31. The fourth-order valence-electron chi connectivity index (χ4n) is 3.20. The second-order valence-electron chi connectivity index (χ2n) is 6.65. The summed E-state index contributed by atoms with van der Waals surface area (Å²) in [4.78, 5) is 12.2. The standard InChI is InChI=1S/C21H22F3NO2/c22-21(23,24)18-11-13-19(14-12-18)27-20(26)17-9-7-16(8-10-17)6-4-2-1-3-5-15-25/h1-3,5,11-14,16-17H,4,6-10H2. The molecule has 3 nitrogen and oxygen atoms in total. The van der Waals surface area contributed by atoms with Crippen LogP contribution in [0, 0.1) is 23.2 Å². The Bertz CT molecular complexity index is 706. The van der Waals surface area contributed by atoms with Crippen LogP contribution in [0.3, 0.4) is 0 Å². The smallest absolute Gasteiger partial charge is 0.416 e. The molecule has 1 saturated carbocycles. The van der Waals surface area contributed by atoms with Crippen molar-refractivity contribution in [1.82, 2.24) is 0 Å². The molecule has 2 rings (SSSR count). The Morgan fingerprint density at radius 2 is 1.81 bits per heavy atom. The van der Waals surface area contributed by atoms with Crippen LogP contribution in [0.2, 0.25) is 0 Å². The molecule has 1 aromatic rings. The number of allylic oxidation sites excluding steroid dienone is 4. The first kappa shape index (κ1) is 20.8. The minimum Gasteiger partial charge on any atom is -0.426 e. The molecule has 0 radical (unpaired) electrons. The quantitative estimate of drug-likeness (QED) is 0.271. The van der Waals surface area contributed by atoms with Gasteiger partial charge in [-0.2, -0.15) is 18.4 Å². The van der Waals surface area contributed by atoms with Gasteiger partial charge in [0, 0.05) is 6.08 Å². The third-order valence-corrected chi connectivity index (χ3v) is 4.74. The summed E-state index contributed by atoms with van der Waals surface area (Å²) in [5.41, 5.74) is -0.764. The Hall–Kier alpha value is -2.55. The van der Waals surface area contributed by atoms with Crippen LogP contribution in [0.5, 0.6) is 5.75 Å². The number of carbonyl (C=O) groups is 1. The van der Waals surface area contributed by atoms with E-state index in [4.69, 9.17) is 10.00 Å². The van der Waals surface area contributed by atoms with E-state index < -0.39 is 11.7 Å². The lowest BCUT2D eigenvalue weighted by Gasteiger charge is -2.26. The largest absolute Gasteiger partial charge is 0.426 e. The molecular weight excluding hydrogens is 355 g/mol. The fraction of sp³-hybridized carbons (Fsp3) is 0.429. The minimum absolute atomic E-state index is 0.144. The molecule has 0 bridgehead atoms. The number of carbonyl (C=O) groups excluding carboxylic acids is 1. The van der Waals surface area contributed by atoms with E-state index in [1.165, 1.54) is 18.2 Å². The van der Waals surface area contributed by atoms with E-state index in [1.54, 1.807) is 6.08 Å². The molecule has 0 aliphatic heterocycles. The summed E-state index contributed by atoms with van der Waals surface area (Å²) < 4.78 is 42.9. The lowest BCUT2D eigenvalue weighted by atomic mass is 9.80. The first-order valence-corrected chi connectivity index (χ1v) is 9.00. The van der Waals surface area contributed by atoms with Crippen LogP contribution >= 0.6 is 0 Å². The summed E-state index contributed by atoms with van der Waals surface area (Å²) in [6.07, 6.45) is 7.93. The van der Waals surface area contributed by atoms with Crippen LogP contribution in [0.25, 0.3) is 0 Å². The SMILES string of the molecule is N#CC=CC=CCCC1CCC(C(=O)Oc2ccc(C(F)(F)F)cc2)CC1. The van der Waals surface area contributed by atoms with Crippen molar-refractivity contribution >= 4 is 5.97 Å². The molecule has 1 fully saturated rings. The zero-order chi connectivity index (χ0) is 19.7. The maximum Gasteiger partial charge on any atom is 0.416 e. The van der Waals surface area contributed by atoms with E-state index >= 15 is 0 Å². The molecule has 0 spiro atoms. The molecule has 0 amide bonds. The molecule has 27 heavy (non-hydrogen) atoms. The highest BCUT2D eigenvalue weighted by molar-refractivity contribution is 5.75. The third kappa shape index (κ3) is 6.93. The van der Waals surface area contributed by atoms with Crippen LogP contribution < -0.4 is 4.74 Å². The normalized spacial score (nSPS) is 20.7. The molecular formula is C21H22F3NO2. The number of hydrogen-bond acceptors (Lipinski definition) is 3. The topological polar surface area (TPSA) is 50.1 Å². The van der Waals surface area contributed by atoms with E-state index in [-0.39, 0.29) is 17.6 Å². The molecule has 0 N–H and O–H groups in total. The van der Waals surface area contributed by atoms with Gasteiger partial charge < -0.3 is 4.74 Å². The molecule has 0 unspecified atom stereocenters. The molecule has 0 heterocycles. The van der Waals surface area contributed by atoms with Crippen molar-refractivity contribution in [3.8, 4) is 11.8 Å². The molecule has 1 aromatic carbocycles. The van der Waals surface area contributed by atoms with Gasteiger partial charge in [0.15, 0.2) is 0 Å². The van der Waals surface area contributed by atoms with E-state index in [1.807, 2.05) is 18.2 Å². The van der Waals surface area contributed by atoms with Crippen molar-refractivity contribution < 1.29 is 22.7 Å². The summed E-state index contributed by atoms with van der Waals surface area (Å²) in [7, 11) is 0. The number of rotatable bonds is 6. The summed E-state index contributed by atoms with van der Waals surface area (Å²) in [6.45, 7) is 0. The van der Waals surface area contributed by atoms with Gasteiger partial charge in [-0.25, -0.2) is 0 Å². The molecule has 6 heteroatoms. The number of nitriles is 1. The lowest BCUT2D eigenvalue weighted by Crippen LogP contribution is -2.25. The number of alkyl halides is 3. The van der Waals surface area contributed by atoms with E-state index in [0.717, 1.165) is 50.7 Å². The first-order chi connectivity index (χ1) is 12.9. The van der Waals surface area contributed by atoms with Gasteiger partial charge in [-0.3, -0.25) is 4.79 Å². The van der Waals surface area contributed by atoms with Crippen LogP contribution in [0.4, 0.5) is 13.2 Å². The molecule has 1 aliphatic rings. The lowest BCUT2D eigenvalue weighted by molar-refractivity contribution is -0.140. The number of ether oxygens (including phenoxy) is 1. The van der Waals surface area contributed by atoms with Gasteiger partial charge in [-0.05, 0) is 68.7 Å². The second-order valence-corrected chi connectivity index (χ2v) is 6.65. The second kappa shape index (κ2) is 9.96. The molecule has 0 aromatic heterocycles. The summed E-state index contributed by atoms with van der Waals surface area (Å²) >= 11 is 0. The van der Waals surface area contributed by atoms with E-state index in [9.17, 15) is 18.0 Å². The summed E-state index contributed by atoms with van der Waals surface area (Å²) in [5, 5.41) is 8.38. The monoisotopic (exact) mass is 377 g/mol. The minimum atomic E-state index is -4.40. The molecule has 0 saturated heterocycles. The van der Waals surface area contributed by atoms with Gasteiger partial charge in [0.1, 0.15) is 5.75 Å². The average molecular weight is 377 g/mol. The fourth-order valence-corrected chi connectivity index (χ4v) is 3.20. The number of nitrogens with zero attached hydrogens (tertiary/aromatic N) is 1. The predicted octanol–water partition coefficient (Wildman–Crippen LogP) is 5.83. The van der Waals surface area contributed by atoms with Crippen molar-refractivity contribution in [2.75, 3.05) is 0 Å². The Balaban J connectivity index is 1.74. The predicted molar refractivity (Wildman–Crippen MR) is 95.7 cm³/mol. The number of esters is 1. The van der Waals surface area contributed by atoms with Gasteiger partial charge in [-0.1, -0.05) is 18.2 Å².